The van der Waals surface area contributed by atoms with Crippen LogP contribution in [0.15, 0.2) is 12.1 Å². The molecule has 0 heterocycles. The Labute approximate surface area is 132 Å². The fourth-order valence-electron chi connectivity index (χ4n) is 2.21. The maximum atomic E-state index is 11.7. The Morgan fingerprint density at radius 2 is 2.04 bits per heavy atom. The first kappa shape index (κ1) is 16.7. The van der Waals surface area contributed by atoms with Crippen molar-refractivity contribution in [3.05, 3.63) is 33.4 Å². The molecule has 0 saturated heterocycles. The van der Waals surface area contributed by atoms with Crippen molar-refractivity contribution in [1.29, 1.82) is 0 Å². The third kappa shape index (κ3) is 4.41. The number of rotatable bonds is 6. The van der Waals surface area contributed by atoms with Gasteiger partial charge in [-0.1, -0.05) is 13.8 Å². The predicted molar refractivity (Wildman–Crippen MR) is 79.1 cm³/mol. The molecule has 124 valence electrons. The maximum absolute atomic E-state index is 11.7. The number of carbonyl (C=O) groups is 2. The number of ether oxygens (including phenoxy) is 1. The molecule has 1 fully saturated rings. The van der Waals surface area contributed by atoms with Gasteiger partial charge in [-0.3, -0.25) is 15.4 Å². The SMILES string of the molecule is CC(C)Cc1cc([N+](=O)[O-])cc(NC(=O)OC2CC2)c1C(=O)[O-]. The first-order valence-electron chi connectivity index (χ1n) is 7.28. The van der Waals surface area contributed by atoms with Gasteiger partial charge in [-0.15, -0.1) is 0 Å². The Morgan fingerprint density at radius 1 is 1.39 bits per heavy atom. The van der Waals surface area contributed by atoms with E-state index in [9.17, 15) is 24.8 Å². The molecule has 1 N–H and O–H groups in total. The van der Waals surface area contributed by atoms with Gasteiger partial charge in [0.1, 0.15) is 6.10 Å². The molecule has 0 atom stereocenters. The van der Waals surface area contributed by atoms with Gasteiger partial charge < -0.3 is 14.6 Å². The first-order valence-corrected chi connectivity index (χ1v) is 7.28. The summed E-state index contributed by atoms with van der Waals surface area (Å²) in [4.78, 5) is 33.6. The largest absolute Gasteiger partial charge is 0.545 e. The standard InChI is InChI=1S/C15H18N2O6/c1-8(2)5-9-6-10(17(21)22)7-12(13(9)14(18)19)16-15(20)23-11-3-4-11/h6-8,11H,3-5H2,1-2H3,(H,16,20)(H,18,19)/p-1. The van der Waals surface area contributed by atoms with Crippen LogP contribution >= 0.6 is 0 Å². The van der Waals surface area contributed by atoms with Gasteiger partial charge in [0.05, 0.1) is 16.6 Å². The molecule has 0 aliphatic heterocycles. The fraction of sp³-hybridized carbons (Fsp3) is 0.467. The minimum Gasteiger partial charge on any atom is -0.545 e. The number of nitrogens with zero attached hydrogens (tertiary/aromatic N) is 1. The summed E-state index contributed by atoms with van der Waals surface area (Å²) in [5, 5.41) is 24.8. The van der Waals surface area contributed by atoms with Gasteiger partial charge in [-0.2, -0.15) is 0 Å². The lowest BCUT2D eigenvalue weighted by molar-refractivity contribution is -0.384. The molecule has 1 saturated carbocycles. The van der Waals surface area contributed by atoms with Crippen LogP contribution in [0.5, 0.6) is 0 Å². The van der Waals surface area contributed by atoms with Crippen LogP contribution in [0, 0.1) is 16.0 Å². The third-order valence-corrected chi connectivity index (χ3v) is 3.28. The topological polar surface area (TPSA) is 122 Å². The van der Waals surface area contributed by atoms with Gasteiger partial charge in [-0.05, 0) is 30.7 Å². The maximum Gasteiger partial charge on any atom is 0.411 e. The summed E-state index contributed by atoms with van der Waals surface area (Å²) in [6.45, 7) is 3.71. The Bertz CT molecular complexity index is 652. The molecule has 0 aromatic heterocycles. The van der Waals surface area contributed by atoms with Crippen LogP contribution in [0.1, 0.15) is 42.6 Å². The van der Waals surface area contributed by atoms with Crippen molar-refractivity contribution in [3.63, 3.8) is 0 Å². The lowest BCUT2D eigenvalue weighted by Gasteiger charge is -2.17. The number of nitro groups is 1. The average molecular weight is 321 g/mol. The zero-order valence-corrected chi connectivity index (χ0v) is 12.8. The number of hydrogen-bond donors (Lipinski definition) is 1. The molecule has 23 heavy (non-hydrogen) atoms. The van der Waals surface area contributed by atoms with Gasteiger partial charge in [0.15, 0.2) is 0 Å². The number of carbonyl (C=O) groups excluding carboxylic acids is 2. The normalized spacial score (nSPS) is 13.7. The van der Waals surface area contributed by atoms with Gasteiger partial charge in [0.25, 0.3) is 5.69 Å². The van der Waals surface area contributed by atoms with E-state index in [-0.39, 0.29) is 34.5 Å². The molecule has 1 aromatic carbocycles. The van der Waals surface area contributed by atoms with E-state index in [1.165, 1.54) is 6.07 Å². The van der Waals surface area contributed by atoms with Crippen molar-refractivity contribution in [3.8, 4) is 0 Å². The summed E-state index contributed by atoms with van der Waals surface area (Å²) in [6, 6.07) is 2.20. The molecular weight excluding hydrogens is 304 g/mol. The highest BCUT2D eigenvalue weighted by Crippen LogP contribution is 2.30. The number of aromatic carboxylic acids is 1. The van der Waals surface area contributed by atoms with E-state index in [1.54, 1.807) is 0 Å². The number of carboxylic acid groups (broad SMARTS) is 1. The lowest BCUT2D eigenvalue weighted by atomic mass is 9.96. The van der Waals surface area contributed by atoms with Crippen LogP contribution in [-0.2, 0) is 11.2 Å². The second kappa shape index (κ2) is 6.64. The molecule has 0 radical (unpaired) electrons. The van der Waals surface area contributed by atoms with Crippen molar-refractivity contribution < 1.29 is 24.4 Å². The van der Waals surface area contributed by atoms with Crippen molar-refractivity contribution in [2.75, 3.05) is 5.32 Å². The Kier molecular flexibility index (Phi) is 4.83. The van der Waals surface area contributed by atoms with Crippen LogP contribution in [0.3, 0.4) is 0 Å². The predicted octanol–water partition coefficient (Wildman–Crippen LogP) is 1.87. The van der Waals surface area contributed by atoms with Crippen molar-refractivity contribution >= 4 is 23.4 Å². The van der Waals surface area contributed by atoms with E-state index < -0.39 is 17.0 Å². The summed E-state index contributed by atoms with van der Waals surface area (Å²) in [5.74, 6) is -1.43. The molecule has 1 aliphatic rings. The summed E-state index contributed by atoms with van der Waals surface area (Å²) in [5.41, 5.74) is -0.485. The van der Waals surface area contributed by atoms with Gasteiger partial charge in [0, 0.05) is 17.7 Å². The number of hydrogen-bond acceptors (Lipinski definition) is 6. The highest BCUT2D eigenvalue weighted by molar-refractivity contribution is 5.99. The fourth-order valence-corrected chi connectivity index (χ4v) is 2.21. The van der Waals surface area contributed by atoms with Gasteiger partial charge in [0.2, 0.25) is 0 Å². The zero-order chi connectivity index (χ0) is 17.1. The molecule has 8 heteroatoms. The number of carboxylic acids is 1. The molecule has 0 bridgehead atoms. The molecular formula is C15H17N2O6-. The van der Waals surface area contributed by atoms with E-state index >= 15 is 0 Å². The summed E-state index contributed by atoms with van der Waals surface area (Å²) in [6.07, 6.45) is 0.821. The van der Waals surface area contributed by atoms with E-state index in [0.717, 1.165) is 18.9 Å². The van der Waals surface area contributed by atoms with Crippen LogP contribution in [0.4, 0.5) is 16.2 Å². The highest BCUT2D eigenvalue weighted by atomic mass is 16.6. The van der Waals surface area contributed by atoms with Crippen LogP contribution < -0.4 is 10.4 Å². The minimum absolute atomic E-state index is 0.0707. The molecule has 1 aromatic rings. The Morgan fingerprint density at radius 3 is 2.52 bits per heavy atom. The van der Waals surface area contributed by atoms with E-state index in [2.05, 4.69) is 5.32 Å². The van der Waals surface area contributed by atoms with Crippen LogP contribution in [0.2, 0.25) is 0 Å². The number of benzene rings is 1. The second-order valence-corrected chi connectivity index (χ2v) is 5.90. The first-order chi connectivity index (χ1) is 10.8. The van der Waals surface area contributed by atoms with Crippen molar-refractivity contribution in [2.45, 2.75) is 39.2 Å². The molecule has 8 nitrogen and oxygen atoms in total. The van der Waals surface area contributed by atoms with E-state index in [4.69, 9.17) is 4.74 Å². The lowest BCUT2D eigenvalue weighted by Crippen LogP contribution is -2.27. The van der Waals surface area contributed by atoms with E-state index in [0.29, 0.717) is 6.42 Å². The summed E-state index contributed by atoms with van der Waals surface area (Å²) < 4.78 is 4.99. The molecule has 0 unspecified atom stereocenters. The average Bonchev–Trinajstić information content (AvgIpc) is 3.20. The summed E-state index contributed by atoms with van der Waals surface area (Å²) in [7, 11) is 0. The van der Waals surface area contributed by atoms with Crippen LogP contribution in [-0.4, -0.2) is 23.1 Å². The Hall–Kier alpha value is -2.64. The number of nitrogens with one attached hydrogen (secondary N) is 1. The van der Waals surface area contributed by atoms with Crippen LogP contribution in [0.25, 0.3) is 0 Å². The zero-order valence-electron chi connectivity index (χ0n) is 12.8. The smallest absolute Gasteiger partial charge is 0.411 e. The number of nitro benzene ring substituents is 1. The molecule has 1 amide bonds. The molecule has 0 spiro atoms. The molecule has 1 aliphatic carbocycles. The minimum atomic E-state index is -1.50. The third-order valence-electron chi connectivity index (χ3n) is 3.28. The van der Waals surface area contributed by atoms with Crippen molar-refractivity contribution in [2.24, 2.45) is 5.92 Å². The van der Waals surface area contributed by atoms with Gasteiger partial charge in [-0.25, -0.2) is 4.79 Å². The second-order valence-electron chi connectivity index (χ2n) is 5.90. The number of non-ortho nitro benzene ring substituents is 1. The summed E-state index contributed by atoms with van der Waals surface area (Å²) >= 11 is 0. The van der Waals surface area contributed by atoms with Gasteiger partial charge >= 0.3 is 6.09 Å². The van der Waals surface area contributed by atoms with E-state index in [1.807, 2.05) is 13.8 Å². The molecule has 2 rings (SSSR count). The monoisotopic (exact) mass is 321 g/mol. The Balaban J connectivity index is 2.42. The quantitative estimate of drug-likeness (QED) is 0.630. The van der Waals surface area contributed by atoms with Crippen molar-refractivity contribution in [1.82, 2.24) is 0 Å². The number of anilines is 1. The highest BCUT2D eigenvalue weighted by Gasteiger charge is 2.27. The number of amides is 1.